The molecule has 4 aromatic rings. The van der Waals surface area contributed by atoms with Crippen LogP contribution in [0.25, 0.3) is 10.9 Å². The number of hydrogen-bond acceptors (Lipinski definition) is 6. The van der Waals surface area contributed by atoms with Crippen LogP contribution in [-0.2, 0) is 4.79 Å². The number of methoxy groups -OCH3 is 1. The van der Waals surface area contributed by atoms with Crippen LogP contribution in [-0.4, -0.2) is 35.5 Å². The number of nitrogens with zero attached hydrogens (tertiary/aromatic N) is 3. The lowest BCUT2D eigenvalue weighted by Gasteiger charge is -2.15. The number of aryl methyl sites for hydroxylation is 1. The van der Waals surface area contributed by atoms with E-state index in [-0.39, 0.29) is 24.0 Å². The summed E-state index contributed by atoms with van der Waals surface area (Å²) in [5.74, 6) is 1.11. The summed E-state index contributed by atoms with van der Waals surface area (Å²) in [5.41, 5.74) is 2.71. The van der Waals surface area contributed by atoms with Gasteiger partial charge in [0.25, 0.3) is 11.5 Å². The molecule has 4 rings (SSSR count). The Labute approximate surface area is 243 Å². The molecule has 202 valence electrons. The summed E-state index contributed by atoms with van der Waals surface area (Å²) < 4.78 is 14.1. The fourth-order valence-electron chi connectivity index (χ4n) is 3.86. The zero-order valence-electron chi connectivity index (χ0n) is 22.0. The molecule has 8 nitrogen and oxygen atoms in total. The maximum Gasteiger partial charge on any atom is 0.282 e. The van der Waals surface area contributed by atoms with Crippen LogP contribution < -0.4 is 20.3 Å². The first-order valence-corrected chi connectivity index (χ1v) is 13.9. The second-order valence-electron chi connectivity index (χ2n) is 8.98. The highest BCUT2D eigenvalue weighted by molar-refractivity contribution is 9.10. The molecule has 1 aromatic heterocycles. The van der Waals surface area contributed by atoms with Gasteiger partial charge in [0, 0.05) is 26.1 Å². The Morgan fingerprint density at radius 1 is 1.15 bits per heavy atom. The van der Waals surface area contributed by atoms with Gasteiger partial charge in [-0.2, -0.15) is 9.78 Å². The number of carbonyl (C=O) groups is 1. The summed E-state index contributed by atoms with van der Waals surface area (Å²) in [4.78, 5) is 30.6. The van der Waals surface area contributed by atoms with Crippen molar-refractivity contribution >= 4 is 60.6 Å². The van der Waals surface area contributed by atoms with Gasteiger partial charge in [0.15, 0.2) is 18.1 Å². The van der Waals surface area contributed by atoms with Gasteiger partial charge in [-0.15, -0.1) is 0 Å². The fourth-order valence-corrected chi connectivity index (χ4v) is 4.65. The molecule has 0 spiro atoms. The maximum atomic E-state index is 13.4. The first-order chi connectivity index (χ1) is 18.7. The van der Waals surface area contributed by atoms with Crippen LogP contribution in [0.4, 0.5) is 5.69 Å². The van der Waals surface area contributed by atoms with Gasteiger partial charge >= 0.3 is 0 Å². The minimum Gasteiger partial charge on any atom is -0.493 e. The maximum absolute atomic E-state index is 13.4. The summed E-state index contributed by atoms with van der Waals surface area (Å²) >= 11 is 6.98. The molecule has 1 heterocycles. The van der Waals surface area contributed by atoms with E-state index in [2.05, 4.69) is 42.3 Å². The number of rotatable bonds is 9. The summed E-state index contributed by atoms with van der Waals surface area (Å²) in [6.45, 7) is 5.78. The smallest absolute Gasteiger partial charge is 0.282 e. The Hall–Kier alpha value is -3.50. The number of nitrogens with one attached hydrogen (secondary N) is 1. The Kier molecular flexibility index (Phi) is 9.19. The summed E-state index contributed by atoms with van der Waals surface area (Å²) in [5, 5.41) is 7.85. The number of fused-ring (bicyclic) bond motifs is 1. The quantitative estimate of drug-likeness (QED) is 0.204. The minimum atomic E-state index is -0.291. The van der Waals surface area contributed by atoms with Gasteiger partial charge in [0.1, 0.15) is 5.82 Å². The number of aromatic nitrogens is 2. The molecule has 0 saturated heterocycles. The molecular formula is C29H28Br2N4O4. The Morgan fingerprint density at radius 2 is 1.92 bits per heavy atom. The average molecular weight is 656 g/mol. The molecule has 0 bridgehead atoms. The lowest BCUT2D eigenvalue weighted by molar-refractivity contribution is -0.118. The van der Waals surface area contributed by atoms with E-state index in [9.17, 15) is 9.59 Å². The highest BCUT2D eigenvalue weighted by Gasteiger charge is 2.17. The fraction of sp³-hybridized carbons (Fsp3) is 0.241. The van der Waals surface area contributed by atoms with E-state index in [1.54, 1.807) is 24.4 Å². The first kappa shape index (κ1) is 28.5. The zero-order chi connectivity index (χ0) is 28.1. The lowest BCUT2D eigenvalue weighted by atomic mass is 10.1. The first-order valence-electron chi connectivity index (χ1n) is 12.3. The van der Waals surface area contributed by atoms with Crippen molar-refractivity contribution in [3.8, 4) is 11.5 Å². The number of ether oxygens (including phenoxy) is 2. The van der Waals surface area contributed by atoms with Crippen LogP contribution in [0.1, 0.15) is 43.1 Å². The van der Waals surface area contributed by atoms with Crippen LogP contribution in [0.5, 0.6) is 11.5 Å². The van der Waals surface area contributed by atoms with Gasteiger partial charge in [0.05, 0.1) is 24.2 Å². The molecule has 0 aliphatic rings. The van der Waals surface area contributed by atoms with E-state index < -0.39 is 0 Å². The molecule has 1 atom stereocenters. The monoisotopic (exact) mass is 654 g/mol. The van der Waals surface area contributed by atoms with Gasteiger partial charge in [-0.25, -0.2) is 4.98 Å². The molecule has 1 amide bonds. The van der Waals surface area contributed by atoms with Crippen molar-refractivity contribution in [1.82, 2.24) is 9.66 Å². The third-order valence-corrected chi connectivity index (χ3v) is 7.44. The van der Waals surface area contributed by atoms with Crippen molar-refractivity contribution in [1.29, 1.82) is 0 Å². The number of halogens is 2. The van der Waals surface area contributed by atoms with Crippen molar-refractivity contribution in [2.24, 2.45) is 5.10 Å². The number of amides is 1. The van der Waals surface area contributed by atoms with Gasteiger partial charge in [0.2, 0.25) is 0 Å². The predicted molar refractivity (Wildman–Crippen MR) is 161 cm³/mol. The average Bonchev–Trinajstić information content (AvgIpc) is 2.93. The van der Waals surface area contributed by atoms with E-state index >= 15 is 0 Å². The van der Waals surface area contributed by atoms with Crippen molar-refractivity contribution < 1.29 is 14.3 Å². The molecule has 0 unspecified atom stereocenters. The van der Waals surface area contributed by atoms with Crippen molar-refractivity contribution in [2.75, 3.05) is 19.0 Å². The molecule has 0 saturated carbocycles. The summed E-state index contributed by atoms with van der Waals surface area (Å²) in [6.07, 6.45) is 2.37. The molecule has 0 aliphatic heterocycles. The predicted octanol–water partition coefficient (Wildman–Crippen LogP) is 6.65. The standard InChI is InChI=1S/C29H28Br2N4O4/c1-5-17(2)28-34-24-11-10-20(30)13-21(24)29(37)35(28)32-15-19-12-25(38-4)26(14-22(19)31)39-16-27(36)33-23-9-7-6-8-18(23)3/h6-15,17H,5,16H2,1-4H3,(H,33,36)/t17-/m1/s1. The van der Waals surface area contributed by atoms with E-state index in [0.29, 0.717) is 38.3 Å². The summed E-state index contributed by atoms with van der Waals surface area (Å²) in [7, 11) is 1.51. The molecule has 39 heavy (non-hydrogen) atoms. The second-order valence-corrected chi connectivity index (χ2v) is 10.7. The van der Waals surface area contributed by atoms with Gasteiger partial charge in [-0.3, -0.25) is 9.59 Å². The molecular weight excluding hydrogens is 628 g/mol. The van der Waals surface area contributed by atoms with Gasteiger partial charge in [-0.05, 0) is 71.2 Å². The van der Waals surface area contributed by atoms with E-state index in [4.69, 9.17) is 14.5 Å². The zero-order valence-corrected chi connectivity index (χ0v) is 25.2. The highest BCUT2D eigenvalue weighted by atomic mass is 79.9. The molecule has 0 fully saturated rings. The normalized spacial score (nSPS) is 12.1. The lowest BCUT2D eigenvalue weighted by Crippen LogP contribution is -2.23. The van der Waals surface area contributed by atoms with E-state index in [1.807, 2.05) is 57.2 Å². The molecule has 1 N–H and O–H groups in total. The number of benzene rings is 3. The third-order valence-electron chi connectivity index (χ3n) is 6.26. The van der Waals surface area contributed by atoms with Crippen molar-refractivity contribution in [3.63, 3.8) is 0 Å². The van der Waals surface area contributed by atoms with Crippen LogP contribution in [0, 0.1) is 6.92 Å². The minimum absolute atomic E-state index is 0.0162. The van der Waals surface area contributed by atoms with Gasteiger partial charge < -0.3 is 14.8 Å². The Morgan fingerprint density at radius 3 is 2.64 bits per heavy atom. The van der Waals surface area contributed by atoms with E-state index in [0.717, 1.165) is 22.1 Å². The van der Waals surface area contributed by atoms with Crippen molar-refractivity contribution in [2.45, 2.75) is 33.1 Å². The molecule has 0 radical (unpaired) electrons. The highest BCUT2D eigenvalue weighted by Crippen LogP contribution is 2.33. The van der Waals surface area contributed by atoms with Crippen LogP contribution in [0.2, 0.25) is 0 Å². The summed E-state index contributed by atoms with van der Waals surface area (Å²) in [6, 6.07) is 16.4. The Bertz CT molecular complexity index is 1620. The van der Waals surface area contributed by atoms with Crippen LogP contribution in [0.3, 0.4) is 0 Å². The number of hydrogen-bond donors (Lipinski definition) is 1. The third kappa shape index (κ3) is 6.57. The molecule has 3 aromatic carbocycles. The van der Waals surface area contributed by atoms with Crippen molar-refractivity contribution in [3.05, 3.63) is 90.8 Å². The Balaban J connectivity index is 1.61. The second kappa shape index (κ2) is 12.6. The SMILES string of the molecule is CC[C@@H](C)c1nc2ccc(Br)cc2c(=O)n1N=Cc1cc(OC)c(OCC(=O)Nc2ccccc2C)cc1Br. The van der Waals surface area contributed by atoms with Gasteiger partial charge in [-0.1, -0.05) is 48.0 Å². The number of para-hydroxylation sites is 1. The molecule has 0 aliphatic carbocycles. The largest absolute Gasteiger partial charge is 0.493 e. The topological polar surface area (TPSA) is 94.8 Å². The molecule has 10 heteroatoms. The van der Waals surface area contributed by atoms with Crippen LogP contribution in [0.15, 0.2) is 73.4 Å². The number of anilines is 1. The van der Waals surface area contributed by atoms with E-state index in [1.165, 1.54) is 11.8 Å². The van der Waals surface area contributed by atoms with Crippen LogP contribution >= 0.6 is 31.9 Å². The number of carbonyl (C=O) groups excluding carboxylic acids is 1.